The first-order chi connectivity index (χ1) is 14.4. The predicted molar refractivity (Wildman–Crippen MR) is 120 cm³/mol. The van der Waals surface area contributed by atoms with E-state index < -0.39 is 16.4 Å². The zero-order valence-electron chi connectivity index (χ0n) is 18.7. The van der Waals surface area contributed by atoms with E-state index in [0.717, 1.165) is 30.4 Å². The first kappa shape index (κ1) is 21.2. The minimum Gasteiger partial charge on any atom is -0.431 e. The van der Waals surface area contributed by atoms with E-state index in [-0.39, 0.29) is 40.0 Å². The standard InChI is InChI=1S/C26H31ClO4/c1-23(2)19-7-6-17-16(24(19,3)11-10-20(23)28)9-12-25(4)22(18(27)13-26(17,25)30)15-5-8-21(29)31-14-15/h5-6,8,10-11,14,16,18-19,22,30H,7,9,12-13H2,1-4H3. The lowest BCUT2D eigenvalue weighted by Crippen LogP contribution is -2.58. The molecule has 0 aromatic carbocycles. The number of allylic oxidation sites excluding steroid dienone is 3. The smallest absolute Gasteiger partial charge is 0.335 e. The highest BCUT2D eigenvalue weighted by molar-refractivity contribution is 6.21. The van der Waals surface area contributed by atoms with E-state index in [4.69, 9.17) is 16.0 Å². The molecule has 4 aliphatic carbocycles. The van der Waals surface area contributed by atoms with Crippen LogP contribution in [0.3, 0.4) is 0 Å². The number of rotatable bonds is 1. The SMILES string of the molecule is CC1(C)C(=O)C=CC2(C)C3CCC4(C)C(c5ccc(=O)oc5)C(Cl)CC4(O)C3=CCC12. The molecular weight excluding hydrogens is 412 g/mol. The van der Waals surface area contributed by atoms with Gasteiger partial charge in [0.15, 0.2) is 5.78 Å². The van der Waals surface area contributed by atoms with Crippen molar-refractivity contribution in [1.82, 2.24) is 0 Å². The molecule has 0 saturated heterocycles. The van der Waals surface area contributed by atoms with Gasteiger partial charge >= 0.3 is 5.63 Å². The highest BCUT2D eigenvalue weighted by atomic mass is 35.5. The molecule has 1 aromatic heterocycles. The van der Waals surface area contributed by atoms with Gasteiger partial charge in [0.05, 0.1) is 11.9 Å². The Kier molecular flexibility index (Phi) is 4.41. The van der Waals surface area contributed by atoms with Crippen LogP contribution in [0, 0.1) is 28.1 Å². The van der Waals surface area contributed by atoms with Gasteiger partial charge in [-0.2, -0.15) is 0 Å². The fourth-order valence-electron chi connectivity index (χ4n) is 7.75. The second kappa shape index (κ2) is 6.45. The van der Waals surface area contributed by atoms with Gasteiger partial charge < -0.3 is 9.52 Å². The van der Waals surface area contributed by atoms with Crippen molar-refractivity contribution in [3.8, 4) is 0 Å². The van der Waals surface area contributed by atoms with E-state index in [1.807, 2.05) is 0 Å². The molecule has 166 valence electrons. The Morgan fingerprint density at radius 3 is 2.58 bits per heavy atom. The summed E-state index contributed by atoms with van der Waals surface area (Å²) in [6, 6.07) is 3.22. The number of aliphatic hydroxyl groups is 1. The number of hydrogen-bond donors (Lipinski definition) is 1. The molecule has 0 amide bonds. The molecule has 2 fully saturated rings. The summed E-state index contributed by atoms with van der Waals surface area (Å²) in [5.74, 6) is 0.491. The Hall–Kier alpha value is -1.65. The minimum absolute atomic E-state index is 0.101. The molecule has 1 aromatic rings. The predicted octanol–water partition coefficient (Wildman–Crippen LogP) is 5.00. The first-order valence-electron chi connectivity index (χ1n) is 11.3. The maximum atomic E-state index is 12.6. The fourth-order valence-corrected chi connectivity index (χ4v) is 8.40. The van der Waals surface area contributed by atoms with Crippen molar-refractivity contribution < 1.29 is 14.3 Å². The second-order valence-corrected chi connectivity index (χ2v) is 11.7. The van der Waals surface area contributed by atoms with E-state index in [0.29, 0.717) is 6.42 Å². The number of carbonyl (C=O) groups is 1. The molecule has 0 spiro atoms. The van der Waals surface area contributed by atoms with Gasteiger partial charge in [0, 0.05) is 28.2 Å². The number of alkyl halides is 1. The molecule has 4 nitrogen and oxygen atoms in total. The molecule has 5 heteroatoms. The largest absolute Gasteiger partial charge is 0.431 e. The molecule has 1 N–H and O–H groups in total. The Morgan fingerprint density at radius 2 is 1.90 bits per heavy atom. The summed E-state index contributed by atoms with van der Waals surface area (Å²) >= 11 is 6.91. The van der Waals surface area contributed by atoms with Crippen molar-refractivity contribution >= 4 is 17.4 Å². The van der Waals surface area contributed by atoms with Crippen molar-refractivity contribution in [2.24, 2.45) is 28.1 Å². The summed E-state index contributed by atoms with van der Waals surface area (Å²) in [5, 5.41) is 12.0. The van der Waals surface area contributed by atoms with E-state index >= 15 is 0 Å². The number of fused-ring (bicyclic) bond motifs is 5. The van der Waals surface area contributed by atoms with E-state index in [1.165, 1.54) is 12.3 Å². The molecule has 2 saturated carbocycles. The molecule has 0 bridgehead atoms. The molecule has 1 heterocycles. The van der Waals surface area contributed by atoms with E-state index in [2.05, 4.69) is 39.8 Å². The van der Waals surface area contributed by atoms with Crippen LogP contribution in [0.2, 0.25) is 0 Å². The number of hydrogen-bond acceptors (Lipinski definition) is 4. The van der Waals surface area contributed by atoms with Gasteiger partial charge in [-0.1, -0.05) is 39.8 Å². The molecule has 31 heavy (non-hydrogen) atoms. The summed E-state index contributed by atoms with van der Waals surface area (Å²) < 4.78 is 5.15. The van der Waals surface area contributed by atoms with Crippen molar-refractivity contribution in [3.05, 3.63) is 58.2 Å². The van der Waals surface area contributed by atoms with Crippen molar-refractivity contribution in [3.63, 3.8) is 0 Å². The summed E-state index contributed by atoms with van der Waals surface area (Å²) in [5.41, 5.74) is -0.457. The van der Waals surface area contributed by atoms with Gasteiger partial charge in [0.2, 0.25) is 0 Å². The quantitative estimate of drug-likeness (QED) is 0.491. The maximum Gasteiger partial charge on any atom is 0.335 e. The monoisotopic (exact) mass is 442 g/mol. The van der Waals surface area contributed by atoms with Crippen LogP contribution in [0.25, 0.3) is 0 Å². The van der Waals surface area contributed by atoms with Crippen LogP contribution in [0.5, 0.6) is 0 Å². The number of carbonyl (C=O) groups excluding carboxylic acids is 1. The molecule has 5 rings (SSSR count). The topological polar surface area (TPSA) is 67.5 Å². The second-order valence-electron chi connectivity index (χ2n) is 11.2. The number of halogens is 1. The minimum atomic E-state index is -1.02. The summed E-state index contributed by atoms with van der Waals surface area (Å²) in [6.07, 6.45) is 10.6. The third kappa shape index (κ3) is 2.58. The van der Waals surface area contributed by atoms with Crippen molar-refractivity contribution in [1.29, 1.82) is 0 Å². The first-order valence-corrected chi connectivity index (χ1v) is 11.8. The van der Waals surface area contributed by atoms with Crippen molar-refractivity contribution in [2.75, 3.05) is 0 Å². The Balaban J connectivity index is 1.60. The Bertz CT molecular complexity index is 1050. The van der Waals surface area contributed by atoms with Crippen LogP contribution >= 0.6 is 11.6 Å². The number of ketones is 1. The Morgan fingerprint density at radius 1 is 1.16 bits per heavy atom. The normalized spacial score (nSPS) is 45.5. The summed E-state index contributed by atoms with van der Waals surface area (Å²) in [4.78, 5) is 24.1. The van der Waals surface area contributed by atoms with Crippen LogP contribution in [-0.2, 0) is 4.79 Å². The molecule has 7 atom stereocenters. The zero-order chi connectivity index (χ0) is 22.4. The highest BCUT2D eigenvalue weighted by Crippen LogP contribution is 2.70. The van der Waals surface area contributed by atoms with E-state index in [1.54, 1.807) is 12.1 Å². The lowest BCUT2D eigenvalue weighted by atomic mass is 9.44. The maximum absolute atomic E-state index is 12.6. The van der Waals surface area contributed by atoms with Gasteiger partial charge in [-0.15, -0.1) is 11.6 Å². The van der Waals surface area contributed by atoms with Gasteiger partial charge in [-0.25, -0.2) is 4.79 Å². The molecule has 0 radical (unpaired) electrons. The molecule has 0 aliphatic heterocycles. The average molecular weight is 443 g/mol. The van der Waals surface area contributed by atoms with Crippen LogP contribution in [0.15, 0.2) is 51.4 Å². The molecular formula is C26H31ClO4. The van der Waals surface area contributed by atoms with Crippen molar-refractivity contribution in [2.45, 2.75) is 70.3 Å². The summed E-state index contributed by atoms with van der Waals surface area (Å²) in [6.45, 7) is 8.53. The van der Waals surface area contributed by atoms with Crippen LogP contribution < -0.4 is 5.63 Å². The lowest BCUT2D eigenvalue weighted by Gasteiger charge is -2.60. The van der Waals surface area contributed by atoms with Crippen LogP contribution in [0.4, 0.5) is 0 Å². The average Bonchev–Trinajstić information content (AvgIpc) is 2.91. The van der Waals surface area contributed by atoms with Gasteiger partial charge in [0.25, 0.3) is 0 Å². The third-order valence-electron chi connectivity index (χ3n) is 9.55. The van der Waals surface area contributed by atoms with Gasteiger partial charge in [-0.3, -0.25) is 4.79 Å². The Labute approximate surface area is 188 Å². The van der Waals surface area contributed by atoms with Gasteiger partial charge in [0.1, 0.15) is 0 Å². The molecule has 7 unspecified atom stereocenters. The molecule has 4 aliphatic rings. The third-order valence-corrected chi connectivity index (χ3v) is 9.95. The van der Waals surface area contributed by atoms with Crippen LogP contribution in [-0.4, -0.2) is 21.9 Å². The zero-order valence-corrected chi connectivity index (χ0v) is 19.4. The van der Waals surface area contributed by atoms with E-state index in [9.17, 15) is 14.7 Å². The summed E-state index contributed by atoms with van der Waals surface area (Å²) in [7, 11) is 0. The van der Waals surface area contributed by atoms with Crippen LogP contribution in [0.1, 0.15) is 64.9 Å². The van der Waals surface area contributed by atoms with Gasteiger partial charge in [-0.05, 0) is 66.2 Å². The highest BCUT2D eigenvalue weighted by Gasteiger charge is 2.68. The fraction of sp³-hybridized carbons (Fsp3) is 0.615. The lowest BCUT2D eigenvalue weighted by molar-refractivity contribution is -0.132.